The van der Waals surface area contributed by atoms with Gasteiger partial charge in [0.15, 0.2) is 5.76 Å². The number of amides is 1. The minimum Gasteiger partial charge on any atom is -0.497 e. The molecular weight excluding hydrogens is 280 g/mol. The smallest absolute Gasteiger partial charge is 0.307 e. The average molecular weight is 294 g/mol. The van der Waals surface area contributed by atoms with Crippen molar-refractivity contribution < 1.29 is 13.9 Å². The van der Waals surface area contributed by atoms with E-state index >= 15 is 0 Å². The van der Waals surface area contributed by atoms with Crippen LogP contribution in [0.25, 0.3) is 11.0 Å². The molecule has 0 aliphatic rings. The lowest BCUT2D eigenvalue weighted by atomic mass is 10.2. The van der Waals surface area contributed by atoms with Crippen molar-refractivity contribution in [2.75, 3.05) is 7.11 Å². The van der Waals surface area contributed by atoms with Gasteiger partial charge in [0.2, 0.25) is 0 Å². The molecule has 1 heterocycles. The van der Waals surface area contributed by atoms with Gasteiger partial charge in [-0.1, -0.05) is 18.2 Å². The molecule has 3 aromatic rings. The number of benzene rings is 2. The van der Waals surface area contributed by atoms with Crippen LogP contribution in [0.2, 0.25) is 0 Å². The van der Waals surface area contributed by atoms with Gasteiger partial charge >= 0.3 is 5.91 Å². The number of rotatable bonds is 4. The molecule has 1 amide bonds. The van der Waals surface area contributed by atoms with Crippen molar-refractivity contribution in [2.24, 2.45) is 5.10 Å². The Hall–Kier alpha value is -3.08. The average Bonchev–Trinajstić information content (AvgIpc) is 2.99. The lowest BCUT2D eigenvalue weighted by Crippen LogP contribution is -2.16. The van der Waals surface area contributed by atoms with Crippen molar-refractivity contribution >= 4 is 23.1 Å². The summed E-state index contributed by atoms with van der Waals surface area (Å²) in [4.78, 5) is 12.0. The second kappa shape index (κ2) is 6.13. The van der Waals surface area contributed by atoms with E-state index in [1.807, 2.05) is 48.5 Å². The molecule has 0 aliphatic heterocycles. The summed E-state index contributed by atoms with van der Waals surface area (Å²) < 4.78 is 10.5. The first-order chi connectivity index (χ1) is 10.8. The van der Waals surface area contributed by atoms with Gasteiger partial charge in [0.25, 0.3) is 0 Å². The molecular formula is C17H14N2O3. The summed E-state index contributed by atoms with van der Waals surface area (Å²) in [5, 5.41) is 4.80. The zero-order chi connectivity index (χ0) is 15.4. The minimum absolute atomic E-state index is 0.230. The molecule has 0 saturated heterocycles. The fourth-order valence-corrected chi connectivity index (χ4v) is 2.00. The molecule has 0 fully saturated rings. The highest BCUT2D eigenvalue weighted by Gasteiger charge is 2.10. The summed E-state index contributed by atoms with van der Waals surface area (Å²) >= 11 is 0. The molecule has 0 radical (unpaired) electrons. The van der Waals surface area contributed by atoms with E-state index in [4.69, 9.17) is 9.15 Å². The Morgan fingerprint density at radius 2 is 1.95 bits per heavy atom. The molecule has 5 heteroatoms. The largest absolute Gasteiger partial charge is 0.497 e. The lowest BCUT2D eigenvalue weighted by Gasteiger charge is -1.99. The zero-order valence-corrected chi connectivity index (χ0v) is 11.9. The number of para-hydroxylation sites is 1. The monoisotopic (exact) mass is 294 g/mol. The van der Waals surface area contributed by atoms with Gasteiger partial charge in [-0.05, 0) is 42.0 Å². The third-order valence-electron chi connectivity index (χ3n) is 3.14. The number of nitrogens with zero attached hydrogens (tertiary/aromatic N) is 1. The van der Waals surface area contributed by atoms with Gasteiger partial charge in [0, 0.05) is 5.39 Å². The van der Waals surface area contributed by atoms with E-state index in [0.29, 0.717) is 5.58 Å². The number of hydrazone groups is 1. The van der Waals surface area contributed by atoms with Crippen LogP contribution in [0, 0.1) is 0 Å². The molecule has 3 rings (SSSR count). The fraction of sp³-hybridized carbons (Fsp3) is 0.0588. The first-order valence-corrected chi connectivity index (χ1v) is 6.72. The Bertz CT molecular complexity index is 786. The highest BCUT2D eigenvalue weighted by Crippen LogP contribution is 2.18. The van der Waals surface area contributed by atoms with E-state index in [0.717, 1.165) is 16.7 Å². The van der Waals surface area contributed by atoms with E-state index in [9.17, 15) is 4.79 Å². The number of nitrogens with one attached hydrogen (secondary N) is 1. The third-order valence-corrected chi connectivity index (χ3v) is 3.14. The molecule has 0 aliphatic carbocycles. The number of carbonyl (C=O) groups is 1. The van der Waals surface area contributed by atoms with Gasteiger partial charge < -0.3 is 9.15 Å². The van der Waals surface area contributed by atoms with Crippen LogP contribution in [0.15, 0.2) is 64.1 Å². The van der Waals surface area contributed by atoms with Crippen molar-refractivity contribution in [3.8, 4) is 5.75 Å². The molecule has 5 nitrogen and oxygen atoms in total. The number of furan rings is 1. The van der Waals surface area contributed by atoms with Crippen LogP contribution in [-0.2, 0) is 0 Å². The van der Waals surface area contributed by atoms with Crippen molar-refractivity contribution in [3.05, 3.63) is 65.9 Å². The number of hydrogen-bond acceptors (Lipinski definition) is 4. The van der Waals surface area contributed by atoms with E-state index in [-0.39, 0.29) is 11.7 Å². The Balaban J connectivity index is 1.67. The summed E-state index contributed by atoms with van der Waals surface area (Å²) in [5.74, 6) is 0.609. The zero-order valence-electron chi connectivity index (χ0n) is 11.9. The van der Waals surface area contributed by atoms with Crippen LogP contribution in [0.1, 0.15) is 16.1 Å². The van der Waals surface area contributed by atoms with Crippen LogP contribution in [-0.4, -0.2) is 19.2 Å². The van der Waals surface area contributed by atoms with Crippen LogP contribution in [0.5, 0.6) is 5.75 Å². The quantitative estimate of drug-likeness (QED) is 0.593. The molecule has 0 bridgehead atoms. The van der Waals surface area contributed by atoms with E-state index in [1.165, 1.54) is 0 Å². The van der Waals surface area contributed by atoms with Gasteiger partial charge in [0.1, 0.15) is 11.3 Å². The minimum atomic E-state index is -0.388. The predicted molar refractivity (Wildman–Crippen MR) is 84.3 cm³/mol. The van der Waals surface area contributed by atoms with E-state index in [2.05, 4.69) is 10.5 Å². The third kappa shape index (κ3) is 2.98. The van der Waals surface area contributed by atoms with Crippen molar-refractivity contribution in [1.29, 1.82) is 0 Å². The van der Waals surface area contributed by atoms with Crippen LogP contribution in [0.4, 0.5) is 0 Å². The van der Waals surface area contributed by atoms with Crippen LogP contribution in [0.3, 0.4) is 0 Å². The standard InChI is InChI=1S/C17H14N2O3/c1-21-14-8-6-12(7-9-14)11-18-19-17(20)16-10-13-4-2-3-5-15(13)22-16/h2-11H,1H3,(H,19,20). The summed E-state index contributed by atoms with van der Waals surface area (Å²) in [5.41, 5.74) is 3.97. The molecule has 22 heavy (non-hydrogen) atoms. The van der Waals surface area contributed by atoms with Crippen LogP contribution < -0.4 is 10.2 Å². The fourth-order valence-electron chi connectivity index (χ4n) is 2.00. The normalized spacial score (nSPS) is 11.0. The SMILES string of the molecule is COc1ccc(C=NNC(=O)c2cc3ccccc3o2)cc1. The number of hydrogen-bond donors (Lipinski definition) is 1. The second-order valence-corrected chi connectivity index (χ2v) is 4.62. The van der Waals surface area contributed by atoms with Gasteiger partial charge in [0.05, 0.1) is 13.3 Å². The molecule has 0 saturated carbocycles. The van der Waals surface area contributed by atoms with E-state index < -0.39 is 0 Å². The molecule has 0 atom stereocenters. The Labute approximate surface area is 127 Å². The molecule has 2 aromatic carbocycles. The highest BCUT2D eigenvalue weighted by molar-refractivity contribution is 5.96. The lowest BCUT2D eigenvalue weighted by molar-refractivity contribution is 0.0929. The molecule has 1 aromatic heterocycles. The van der Waals surface area contributed by atoms with Crippen molar-refractivity contribution in [1.82, 2.24) is 5.43 Å². The van der Waals surface area contributed by atoms with E-state index in [1.54, 1.807) is 19.4 Å². The summed E-state index contributed by atoms with van der Waals surface area (Å²) in [7, 11) is 1.61. The topological polar surface area (TPSA) is 63.8 Å². The Morgan fingerprint density at radius 1 is 1.18 bits per heavy atom. The number of carbonyl (C=O) groups excluding carboxylic acids is 1. The maximum absolute atomic E-state index is 12.0. The predicted octanol–water partition coefficient (Wildman–Crippen LogP) is 3.21. The molecule has 110 valence electrons. The van der Waals surface area contributed by atoms with Crippen LogP contribution >= 0.6 is 0 Å². The summed E-state index contributed by atoms with van der Waals surface area (Å²) in [6.07, 6.45) is 1.56. The molecule has 0 spiro atoms. The first kappa shape index (κ1) is 13.9. The van der Waals surface area contributed by atoms with Gasteiger partial charge in [-0.2, -0.15) is 5.10 Å². The Kier molecular flexibility index (Phi) is 3.87. The number of methoxy groups -OCH3 is 1. The second-order valence-electron chi connectivity index (χ2n) is 4.62. The van der Waals surface area contributed by atoms with Gasteiger partial charge in [-0.3, -0.25) is 4.79 Å². The molecule has 0 unspecified atom stereocenters. The maximum Gasteiger partial charge on any atom is 0.307 e. The number of ether oxygens (including phenoxy) is 1. The first-order valence-electron chi connectivity index (χ1n) is 6.72. The van der Waals surface area contributed by atoms with Gasteiger partial charge in [-0.25, -0.2) is 5.43 Å². The summed E-state index contributed by atoms with van der Waals surface area (Å²) in [6, 6.07) is 16.5. The van der Waals surface area contributed by atoms with Crippen molar-refractivity contribution in [3.63, 3.8) is 0 Å². The Morgan fingerprint density at radius 3 is 2.68 bits per heavy atom. The maximum atomic E-state index is 12.0. The van der Waals surface area contributed by atoms with Crippen molar-refractivity contribution in [2.45, 2.75) is 0 Å². The highest BCUT2D eigenvalue weighted by atomic mass is 16.5. The summed E-state index contributed by atoms with van der Waals surface area (Å²) in [6.45, 7) is 0. The number of fused-ring (bicyclic) bond motifs is 1. The molecule has 1 N–H and O–H groups in total. The van der Waals surface area contributed by atoms with Gasteiger partial charge in [-0.15, -0.1) is 0 Å².